The number of aromatic nitrogens is 3. The van der Waals surface area contributed by atoms with Crippen molar-refractivity contribution in [2.75, 3.05) is 32.4 Å². The Labute approximate surface area is 232 Å². The number of amides is 2. The maximum Gasteiger partial charge on any atom is 0.317 e. The Morgan fingerprint density at radius 1 is 1.00 bits per heavy atom. The van der Waals surface area contributed by atoms with Gasteiger partial charge in [-0.1, -0.05) is 74.5 Å². The predicted octanol–water partition coefficient (Wildman–Crippen LogP) is 3.47. The first-order valence-electron chi connectivity index (χ1n) is 13.5. The van der Waals surface area contributed by atoms with Gasteiger partial charge in [-0.3, -0.25) is 5.10 Å². The molecular weight excluding hydrogens is 514 g/mol. The van der Waals surface area contributed by atoms with E-state index in [1.54, 1.807) is 11.9 Å². The van der Waals surface area contributed by atoms with Crippen LogP contribution in [0.25, 0.3) is 0 Å². The monoisotopic (exact) mass is 555 g/mol. The summed E-state index contributed by atoms with van der Waals surface area (Å²) in [7, 11) is -1.82. The molecule has 0 unspecified atom stereocenters. The second kappa shape index (κ2) is 15.3. The number of hydrogen-bond donors (Lipinski definition) is 3. The highest BCUT2D eigenvalue weighted by Gasteiger charge is 2.23. The first kappa shape index (κ1) is 30.3. The molecule has 1 atom stereocenters. The zero-order chi connectivity index (χ0) is 28.1. The van der Waals surface area contributed by atoms with Gasteiger partial charge >= 0.3 is 6.03 Å². The van der Waals surface area contributed by atoms with Crippen LogP contribution in [0.3, 0.4) is 0 Å². The number of carbonyl (C=O) groups is 1. The lowest BCUT2D eigenvalue weighted by Gasteiger charge is -2.19. The van der Waals surface area contributed by atoms with Crippen molar-refractivity contribution in [2.24, 2.45) is 0 Å². The summed E-state index contributed by atoms with van der Waals surface area (Å²) in [5, 5.41) is 9.95. The quantitative estimate of drug-likeness (QED) is 0.249. The maximum absolute atomic E-state index is 13.0. The lowest BCUT2D eigenvalue weighted by atomic mass is 10.1. The van der Waals surface area contributed by atoms with Crippen molar-refractivity contribution in [3.63, 3.8) is 0 Å². The molecule has 0 bridgehead atoms. The van der Waals surface area contributed by atoms with E-state index in [0.717, 1.165) is 30.8 Å². The number of nitrogens with zero attached hydrogens (tertiary/aromatic N) is 4. The number of rotatable bonds is 16. The van der Waals surface area contributed by atoms with Crippen molar-refractivity contribution < 1.29 is 13.2 Å². The third-order valence-corrected chi connectivity index (χ3v) is 8.02. The number of aromatic amines is 1. The molecule has 3 rings (SSSR count). The number of urea groups is 1. The minimum atomic E-state index is -3.54. The van der Waals surface area contributed by atoms with Crippen molar-refractivity contribution in [1.29, 1.82) is 0 Å². The third-order valence-electron chi connectivity index (χ3n) is 6.55. The zero-order valence-electron chi connectivity index (χ0n) is 23.1. The van der Waals surface area contributed by atoms with Crippen molar-refractivity contribution >= 4 is 16.1 Å². The summed E-state index contributed by atoms with van der Waals surface area (Å²) in [4.78, 5) is 20.9. The lowest BCUT2D eigenvalue weighted by Crippen LogP contribution is -2.36. The van der Waals surface area contributed by atoms with Crippen molar-refractivity contribution in [1.82, 2.24) is 35.0 Å². The largest absolute Gasteiger partial charge is 0.331 e. The van der Waals surface area contributed by atoms with Gasteiger partial charge in [0.2, 0.25) is 10.0 Å². The van der Waals surface area contributed by atoms with Gasteiger partial charge in [0.15, 0.2) is 5.82 Å². The smallest absolute Gasteiger partial charge is 0.317 e. The fraction of sp³-hybridized carbons (Fsp3) is 0.464. The van der Waals surface area contributed by atoms with Crippen LogP contribution in [0.2, 0.25) is 0 Å². The number of hydrogen-bond acceptors (Lipinski definition) is 6. The average Bonchev–Trinajstić information content (AvgIpc) is 3.42. The lowest BCUT2D eigenvalue weighted by molar-refractivity contribution is 0.206. The first-order valence-corrected chi connectivity index (χ1v) is 15.1. The highest BCUT2D eigenvalue weighted by Crippen LogP contribution is 2.18. The molecule has 0 aliphatic carbocycles. The van der Waals surface area contributed by atoms with E-state index in [1.165, 1.54) is 0 Å². The highest BCUT2D eigenvalue weighted by atomic mass is 32.2. The summed E-state index contributed by atoms with van der Waals surface area (Å²) in [6, 6.07) is 18.8. The molecule has 2 amide bonds. The van der Waals surface area contributed by atoms with E-state index in [4.69, 9.17) is 0 Å². The molecule has 10 nitrogen and oxygen atoms in total. The van der Waals surface area contributed by atoms with Gasteiger partial charge in [-0.25, -0.2) is 22.9 Å². The first-order chi connectivity index (χ1) is 18.8. The van der Waals surface area contributed by atoms with Crippen LogP contribution in [0.15, 0.2) is 60.7 Å². The molecule has 1 aromatic heterocycles. The summed E-state index contributed by atoms with van der Waals surface area (Å²) >= 11 is 0. The molecule has 0 fully saturated rings. The molecule has 212 valence electrons. The van der Waals surface area contributed by atoms with Gasteiger partial charge < -0.3 is 15.1 Å². The van der Waals surface area contributed by atoms with Crippen LogP contribution < -0.4 is 10.0 Å². The number of H-pyrrole nitrogens is 1. The summed E-state index contributed by atoms with van der Waals surface area (Å²) in [5.41, 5.74) is 2.14. The third kappa shape index (κ3) is 10.4. The standard InChI is InChI=1S/C28H41N7O3S/c1-4-35(5-2)19-12-20-39(37,38)33-25(18-17-23-13-8-6-9-14-23)27-30-26(31-32-27)21-29-28(36)34(3)22-24-15-10-7-11-16-24/h6-11,13-16,25,33H,4-5,12,17-22H2,1-3H3,(H,29,36)(H,30,31,32)/t25-/m1/s1. The van der Waals surface area contributed by atoms with Gasteiger partial charge in [0, 0.05) is 13.6 Å². The molecule has 3 aromatic rings. The van der Waals surface area contributed by atoms with Gasteiger partial charge in [0.05, 0.1) is 18.3 Å². The Morgan fingerprint density at radius 2 is 1.64 bits per heavy atom. The molecule has 0 saturated heterocycles. The molecule has 2 aromatic carbocycles. The Bertz CT molecular complexity index is 1230. The minimum absolute atomic E-state index is 0.0378. The summed E-state index contributed by atoms with van der Waals surface area (Å²) in [6.07, 6.45) is 1.73. The van der Waals surface area contributed by atoms with Gasteiger partial charge in [-0.15, -0.1) is 0 Å². The Morgan fingerprint density at radius 3 is 2.28 bits per heavy atom. The number of sulfonamides is 1. The highest BCUT2D eigenvalue weighted by molar-refractivity contribution is 7.89. The SMILES string of the molecule is CCN(CC)CCCS(=O)(=O)N[C@H](CCc1ccccc1)c1nc(CNC(=O)N(C)Cc2ccccc2)n[nH]1. The Balaban J connectivity index is 1.62. The van der Waals surface area contributed by atoms with E-state index in [2.05, 4.69) is 44.0 Å². The number of nitrogens with one attached hydrogen (secondary N) is 3. The van der Waals surface area contributed by atoms with Crippen LogP contribution >= 0.6 is 0 Å². The van der Waals surface area contributed by atoms with Crippen LogP contribution in [0, 0.1) is 0 Å². The average molecular weight is 556 g/mol. The van der Waals surface area contributed by atoms with Crippen LogP contribution in [-0.4, -0.2) is 71.9 Å². The fourth-order valence-corrected chi connectivity index (χ4v) is 5.56. The summed E-state index contributed by atoms with van der Waals surface area (Å²) in [6.45, 7) is 7.25. The molecule has 1 heterocycles. The molecule has 3 N–H and O–H groups in total. The molecular formula is C28H41N7O3S. The molecule has 0 aliphatic rings. The molecule has 0 aliphatic heterocycles. The molecule has 0 saturated carbocycles. The van der Waals surface area contributed by atoms with Gasteiger partial charge in [-0.2, -0.15) is 5.10 Å². The second-order valence-corrected chi connectivity index (χ2v) is 11.4. The zero-order valence-corrected chi connectivity index (χ0v) is 24.0. The van der Waals surface area contributed by atoms with Crippen LogP contribution in [0.5, 0.6) is 0 Å². The fourth-order valence-electron chi connectivity index (χ4n) is 4.27. The van der Waals surface area contributed by atoms with Gasteiger partial charge in [0.25, 0.3) is 0 Å². The molecule has 11 heteroatoms. The summed E-state index contributed by atoms with van der Waals surface area (Å²) < 4.78 is 28.8. The van der Waals surface area contributed by atoms with E-state index in [9.17, 15) is 13.2 Å². The molecule has 39 heavy (non-hydrogen) atoms. The van der Waals surface area contributed by atoms with Crippen LogP contribution in [0.4, 0.5) is 4.79 Å². The second-order valence-electron chi connectivity index (χ2n) is 9.53. The van der Waals surface area contributed by atoms with Gasteiger partial charge in [0.1, 0.15) is 5.82 Å². The summed E-state index contributed by atoms with van der Waals surface area (Å²) in [5.74, 6) is 0.855. The molecule has 0 radical (unpaired) electrons. The molecule has 0 spiro atoms. The number of carbonyl (C=O) groups excluding carboxylic acids is 1. The van der Waals surface area contributed by atoms with Crippen molar-refractivity contribution in [3.05, 3.63) is 83.4 Å². The number of aryl methyl sites for hydroxylation is 1. The minimum Gasteiger partial charge on any atom is -0.331 e. The van der Waals surface area contributed by atoms with Crippen LogP contribution in [0.1, 0.15) is 55.5 Å². The topological polar surface area (TPSA) is 123 Å². The van der Waals surface area contributed by atoms with E-state index in [0.29, 0.717) is 37.5 Å². The Kier molecular flexibility index (Phi) is 11.9. The predicted molar refractivity (Wildman–Crippen MR) is 153 cm³/mol. The van der Waals surface area contributed by atoms with Crippen molar-refractivity contribution in [2.45, 2.75) is 52.2 Å². The van der Waals surface area contributed by atoms with E-state index in [-0.39, 0.29) is 18.3 Å². The van der Waals surface area contributed by atoms with Gasteiger partial charge in [-0.05, 0) is 50.0 Å². The van der Waals surface area contributed by atoms with E-state index in [1.807, 2.05) is 60.7 Å². The normalized spacial score (nSPS) is 12.4. The van der Waals surface area contributed by atoms with E-state index >= 15 is 0 Å². The number of benzene rings is 2. The Hall–Kier alpha value is -3.28. The van der Waals surface area contributed by atoms with Crippen LogP contribution in [-0.2, 0) is 29.5 Å². The van der Waals surface area contributed by atoms with E-state index < -0.39 is 16.1 Å². The maximum atomic E-state index is 13.0. The van der Waals surface area contributed by atoms with Crippen molar-refractivity contribution in [3.8, 4) is 0 Å².